The number of carbonyl (C=O) groups is 1. The summed E-state index contributed by atoms with van der Waals surface area (Å²) in [6.07, 6.45) is 1.82. The molecule has 1 aromatic heterocycles. The third kappa shape index (κ3) is 4.07. The number of hydrogen-bond donors (Lipinski definition) is 1. The molecule has 1 aromatic rings. The first-order valence-corrected chi connectivity index (χ1v) is 5.79. The molecule has 1 heterocycles. The summed E-state index contributed by atoms with van der Waals surface area (Å²) < 4.78 is 6.69. The Morgan fingerprint density at radius 1 is 1.53 bits per heavy atom. The van der Waals surface area contributed by atoms with Crippen molar-refractivity contribution in [3.05, 3.63) is 12.3 Å². The van der Waals surface area contributed by atoms with E-state index in [1.165, 1.54) is 0 Å². The molecule has 0 bridgehead atoms. The Kier molecular flexibility index (Phi) is 5.48. The standard InChI is InChI=1S/C11H20N4O2/c1-4-14(5-2)11(16)12-10-6-7-15(13-10)8-9-17-3/h6-7H,4-5,8-9H2,1-3H3,(H,12,13,16). The van der Waals surface area contributed by atoms with Crippen LogP contribution in [-0.4, -0.2) is 47.5 Å². The summed E-state index contributed by atoms with van der Waals surface area (Å²) in [6, 6.07) is 1.66. The molecule has 17 heavy (non-hydrogen) atoms. The van der Waals surface area contributed by atoms with Gasteiger partial charge in [-0.25, -0.2) is 4.79 Å². The molecule has 0 saturated carbocycles. The maximum absolute atomic E-state index is 11.7. The van der Waals surface area contributed by atoms with Gasteiger partial charge >= 0.3 is 6.03 Å². The highest BCUT2D eigenvalue weighted by Gasteiger charge is 2.10. The smallest absolute Gasteiger partial charge is 0.323 e. The fraction of sp³-hybridized carbons (Fsp3) is 0.636. The molecule has 6 nitrogen and oxygen atoms in total. The van der Waals surface area contributed by atoms with Gasteiger partial charge in [0.1, 0.15) is 0 Å². The average Bonchev–Trinajstić information content (AvgIpc) is 2.75. The number of urea groups is 1. The topological polar surface area (TPSA) is 59.4 Å². The Labute approximate surface area is 102 Å². The van der Waals surface area contributed by atoms with Gasteiger partial charge in [0.25, 0.3) is 0 Å². The van der Waals surface area contributed by atoms with Crippen LogP contribution in [0.5, 0.6) is 0 Å². The monoisotopic (exact) mass is 240 g/mol. The van der Waals surface area contributed by atoms with E-state index >= 15 is 0 Å². The summed E-state index contributed by atoms with van der Waals surface area (Å²) in [6.45, 7) is 6.54. The van der Waals surface area contributed by atoms with Gasteiger partial charge in [0, 0.05) is 32.5 Å². The fourth-order valence-corrected chi connectivity index (χ4v) is 1.44. The molecule has 0 fully saturated rings. The highest BCUT2D eigenvalue weighted by atomic mass is 16.5. The van der Waals surface area contributed by atoms with Gasteiger partial charge in [-0.2, -0.15) is 5.10 Å². The molecule has 0 spiro atoms. The maximum atomic E-state index is 11.7. The van der Waals surface area contributed by atoms with Crippen LogP contribution in [0.4, 0.5) is 10.6 Å². The number of amides is 2. The largest absolute Gasteiger partial charge is 0.383 e. The van der Waals surface area contributed by atoms with Gasteiger partial charge in [-0.3, -0.25) is 10.00 Å². The third-order valence-corrected chi connectivity index (χ3v) is 2.45. The molecule has 1 rings (SSSR count). The van der Waals surface area contributed by atoms with Gasteiger partial charge in [0.2, 0.25) is 0 Å². The molecule has 6 heteroatoms. The molecular formula is C11H20N4O2. The minimum atomic E-state index is -0.119. The van der Waals surface area contributed by atoms with Crippen molar-refractivity contribution in [3.8, 4) is 0 Å². The Hall–Kier alpha value is -1.56. The van der Waals surface area contributed by atoms with E-state index < -0.39 is 0 Å². The van der Waals surface area contributed by atoms with Crippen LogP contribution in [0, 0.1) is 0 Å². The lowest BCUT2D eigenvalue weighted by atomic mass is 10.5. The molecule has 0 unspecified atom stereocenters. The second-order valence-corrected chi connectivity index (χ2v) is 3.56. The van der Waals surface area contributed by atoms with E-state index in [4.69, 9.17) is 4.74 Å². The molecule has 0 aliphatic heterocycles. The summed E-state index contributed by atoms with van der Waals surface area (Å²) in [7, 11) is 1.65. The van der Waals surface area contributed by atoms with Crippen LogP contribution in [0.3, 0.4) is 0 Å². The number of hydrogen-bond acceptors (Lipinski definition) is 3. The van der Waals surface area contributed by atoms with Gasteiger partial charge in [-0.1, -0.05) is 0 Å². The summed E-state index contributed by atoms with van der Waals surface area (Å²) >= 11 is 0. The highest BCUT2D eigenvalue weighted by Crippen LogP contribution is 2.04. The minimum absolute atomic E-state index is 0.119. The number of rotatable bonds is 6. The van der Waals surface area contributed by atoms with Crippen molar-refractivity contribution in [3.63, 3.8) is 0 Å². The van der Waals surface area contributed by atoms with Crippen molar-refractivity contribution in [2.24, 2.45) is 0 Å². The summed E-state index contributed by atoms with van der Waals surface area (Å²) in [5.74, 6) is 0.568. The zero-order chi connectivity index (χ0) is 12.7. The molecule has 0 aliphatic carbocycles. The van der Waals surface area contributed by atoms with Gasteiger partial charge in [0.05, 0.1) is 13.2 Å². The average molecular weight is 240 g/mol. The SMILES string of the molecule is CCN(CC)C(=O)Nc1ccn(CCOC)n1. The first-order chi connectivity index (χ1) is 8.21. The maximum Gasteiger partial charge on any atom is 0.323 e. The lowest BCUT2D eigenvalue weighted by Gasteiger charge is -2.18. The van der Waals surface area contributed by atoms with Gasteiger partial charge in [-0.15, -0.1) is 0 Å². The third-order valence-electron chi connectivity index (χ3n) is 2.45. The zero-order valence-corrected chi connectivity index (χ0v) is 10.6. The Bertz CT molecular complexity index is 347. The van der Waals surface area contributed by atoms with Crippen LogP contribution in [-0.2, 0) is 11.3 Å². The van der Waals surface area contributed by atoms with E-state index in [1.54, 1.807) is 22.8 Å². The number of nitrogens with zero attached hydrogens (tertiary/aromatic N) is 3. The predicted molar refractivity (Wildman–Crippen MR) is 66.0 cm³/mol. The lowest BCUT2D eigenvalue weighted by molar-refractivity contribution is 0.183. The predicted octanol–water partition coefficient (Wildman–Crippen LogP) is 1.40. The first kappa shape index (κ1) is 13.5. The minimum Gasteiger partial charge on any atom is -0.383 e. The number of anilines is 1. The van der Waals surface area contributed by atoms with E-state index in [-0.39, 0.29) is 6.03 Å². The van der Waals surface area contributed by atoms with Crippen LogP contribution in [0.2, 0.25) is 0 Å². The number of methoxy groups -OCH3 is 1. The molecule has 1 N–H and O–H groups in total. The number of ether oxygens (including phenoxy) is 1. The van der Waals surface area contributed by atoms with E-state index in [0.29, 0.717) is 32.1 Å². The zero-order valence-electron chi connectivity index (χ0n) is 10.6. The van der Waals surface area contributed by atoms with Crippen LogP contribution >= 0.6 is 0 Å². The highest BCUT2D eigenvalue weighted by molar-refractivity contribution is 5.88. The molecule has 0 aliphatic rings. The Balaban J connectivity index is 2.51. The second kappa shape index (κ2) is 6.90. The van der Waals surface area contributed by atoms with Gasteiger partial charge in [0.15, 0.2) is 5.82 Å². The second-order valence-electron chi connectivity index (χ2n) is 3.56. The van der Waals surface area contributed by atoms with E-state index in [2.05, 4.69) is 10.4 Å². The Morgan fingerprint density at radius 3 is 2.82 bits per heavy atom. The molecule has 0 radical (unpaired) electrons. The molecular weight excluding hydrogens is 220 g/mol. The molecule has 0 saturated heterocycles. The van der Waals surface area contributed by atoms with Crippen molar-refractivity contribution < 1.29 is 9.53 Å². The lowest BCUT2D eigenvalue weighted by Crippen LogP contribution is -2.34. The van der Waals surface area contributed by atoms with E-state index in [0.717, 1.165) is 0 Å². The van der Waals surface area contributed by atoms with Crippen molar-refractivity contribution >= 4 is 11.8 Å². The van der Waals surface area contributed by atoms with Crippen molar-refractivity contribution in [1.82, 2.24) is 14.7 Å². The van der Waals surface area contributed by atoms with Gasteiger partial charge in [-0.05, 0) is 13.8 Å². The number of nitrogens with one attached hydrogen (secondary N) is 1. The normalized spacial score (nSPS) is 10.3. The quantitative estimate of drug-likeness (QED) is 0.817. The Morgan fingerprint density at radius 2 is 2.24 bits per heavy atom. The number of aromatic nitrogens is 2. The summed E-state index contributed by atoms with van der Waals surface area (Å²) in [5.41, 5.74) is 0. The molecule has 2 amide bonds. The fourth-order valence-electron chi connectivity index (χ4n) is 1.44. The molecule has 0 atom stereocenters. The van der Waals surface area contributed by atoms with Crippen LogP contribution in [0.25, 0.3) is 0 Å². The van der Waals surface area contributed by atoms with Crippen molar-refractivity contribution in [1.29, 1.82) is 0 Å². The molecule has 96 valence electrons. The summed E-state index contributed by atoms with van der Waals surface area (Å²) in [4.78, 5) is 13.4. The first-order valence-electron chi connectivity index (χ1n) is 5.79. The van der Waals surface area contributed by atoms with Crippen molar-refractivity contribution in [2.45, 2.75) is 20.4 Å². The van der Waals surface area contributed by atoms with Crippen molar-refractivity contribution in [2.75, 3.05) is 32.1 Å². The van der Waals surface area contributed by atoms with Crippen LogP contribution < -0.4 is 5.32 Å². The van der Waals surface area contributed by atoms with Crippen LogP contribution in [0.15, 0.2) is 12.3 Å². The summed E-state index contributed by atoms with van der Waals surface area (Å²) in [5, 5.41) is 6.97. The van der Waals surface area contributed by atoms with Gasteiger partial charge < -0.3 is 9.64 Å². The number of carbonyl (C=O) groups excluding carboxylic acids is 1. The van der Waals surface area contributed by atoms with Crippen LogP contribution in [0.1, 0.15) is 13.8 Å². The van der Waals surface area contributed by atoms with E-state index in [9.17, 15) is 4.79 Å². The van der Waals surface area contributed by atoms with E-state index in [1.807, 2.05) is 20.0 Å². The molecule has 0 aromatic carbocycles.